The molecule has 17 heavy (non-hydrogen) atoms. The van der Waals surface area contributed by atoms with Crippen LogP contribution in [0.5, 0.6) is 0 Å². The zero-order valence-corrected chi connectivity index (χ0v) is 10.6. The van der Waals surface area contributed by atoms with Gasteiger partial charge in [0.25, 0.3) is 0 Å². The Morgan fingerprint density at radius 2 is 1.53 bits per heavy atom. The summed E-state index contributed by atoms with van der Waals surface area (Å²) in [6, 6.07) is 0. The van der Waals surface area contributed by atoms with Gasteiger partial charge in [-0.2, -0.15) is 0 Å². The van der Waals surface area contributed by atoms with Crippen molar-refractivity contribution in [1.82, 2.24) is 5.32 Å². The average molecular weight is 247 g/mol. The lowest BCUT2D eigenvalue weighted by atomic mass is 10.0. The Bertz CT molecular complexity index is 196. The third kappa shape index (κ3) is 6.61. The van der Waals surface area contributed by atoms with Gasteiger partial charge in [0, 0.05) is 6.42 Å². The smallest absolute Gasteiger partial charge is 0.220 e. The van der Waals surface area contributed by atoms with Crippen molar-refractivity contribution >= 4 is 5.91 Å². The third-order valence-corrected chi connectivity index (χ3v) is 2.82. The van der Waals surface area contributed by atoms with Crippen molar-refractivity contribution < 1.29 is 20.1 Å². The number of carbonyl (C=O) groups excluding carboxylic acids is 1. The Morgan fingerprint density at radius 1 is 1.00 bits per heavy atom. The van der Waals surface area contributed by atoms with Gasteiger partial charge < -0.3 is 20.6 Å². The Labute approximate surface area is 103 Å². The topological polar surface area (TPSA) is 89.8 Å². The number of rotatable bonds is 10. The van der Waals surface area contributed by atoms with Crippen LogP contribution in [-0.2, 0) is 4.79 Å². The highest BCUT2D eigenvalue weighted by Gasteiger charge is 2.29. The van der Waals surface area contributed by atoms with Crippen molar-refractivity contribution in [3.63, 3.8) is 0 Å². The molecule has 0 fully saturated rings. The number of nitrogens with one attached hydrogen (secondary N) is 1. The highest BCUT2D eigenvalue weighted by atomic mass is 16.3. The molecule has 0 heterocycles. The van der Waals surface area contributed by atoms with E-state index in [1.807, 2.05) is 0 Å². The summed E-state index contributed by atoms with van der Waals surface area (Å²) >= 11 is 0. The van der Waals surface area contributed by atoms with E-state index in [4.69, 9.17) is 15.3 Å². The van der Waals surface area contributed by atoms with Gasteiger partial charge in [-0.1, -0.05) is 32.6 Å². The SMILES string of the molecule is CCCCCCCC(=O)NC(CO)(CO)CO. The van der Waals surface area contributed by atoms with Crippen LogP contribution >= 0.6 is 0 Å². The predicted octanol–water partition coefficient (Wildman–Crippen LogP) is 0.179. The Hall–Kier alpha value is -0.650. The van der Waals surface area contributed by atoms with E-state index in [1.165, 1.54) is 6.42 Å². The minimum Gasteiger partial charge on any atom is -0.394 e. The molecule has 0 aromatic carbocycles. The zero-order chi connectivity index (χ0) is 13.1. The Balaban J connectivity index is 3.83. The minimum absolute atomic E-state index is 0.237. The van der Waals surface area contributed by atoms with Crippen LogP contribution in [0.1, 0.15) is 45.4 Å². The average Bonchev–Trinajstić information content (AvgIpc) is 2.36. The summed E-state index contributed by atoms with van der Waals surface area (Å²) in [5, 5.41) is 29.6. The fraction of sp³-hybridized carbons (Fsp3) is 0.917. The number of hydrogen-bond donors (Lipinski definition) is 4. The molecule has 5 heteroatoms. The van der Waals surface area contributed by atoms with Crippen molar-refractivity contribution in [2.24, 2.45) is 0 Å². The predicted molar refractivity (Wildman–Crippen MR) is 65.5 cm³/mol. The van der Waals surface area contributed by atoms with Gasteiger partial charge in [0.2, 0.25) is 5.91 Å². The maximum Gasteiger partial charge on any atom is 0.220 e. The molecule has 0 rings (SSSR count). The number of aliphatic hydroxyl groups is 3. The van der Waals surface area contributed by atoms with Gasteiger partial charge in [0.1, 0.15) is 5.54 Å². The summed E-state index contributed by atoms with van der Waals surface area (Å²) < 4.78 is 0. The first-order chi connectivity index (χ1) is 8.14. The van der Waals surface area contributed by atoms with Crippen LogP contribution in [0.3, 0.4) is 0 Å². The summed E-state index contributed by atoms with van der Waals surface area (Å²) in [6.45, 7) is 0.718. The highest BCUT2D eigenvalue weighted by Crippen LogP contribution is 2.07. The Morgan fingerprint density at radius 3 is 2.00 bits per heavy atom. The minimum atomic E-state index is -1.29. The van der Waals surface area contributed by atoms with Crippen LogP contribution in [0.25, 0.3) is 0 Å². The first-order valence-corrected chi connectivity index (χ1v) is 6.27. The van der Waals surface area contributed by atoms with E-state index in [0.29, 0.717) is 6.42 Å². The van der Waals surface area contributed by atoms with Gasteiger partial charge in [-0.25, -0.2) is 0 Å². The molecule has 4 N–H and O–H groups in total. The molecule has 102 valence electrons. The monoisotopic (exact) mass is 247 g/mol. The standard InChI is InChI=1S/C12H25NO4/c1-2-3-4-5-6-7-11(17)13-12(8-14,9-15)10-16/h14-16H,2-10H2,1H3,(H,13,17). The maximum absolute atomic E-state index is 11.5. The van der Waals surface area contributed by atoms with Crippen LogP contribution < -0.4 is 5.32 Å². The lowest BCUT2D eigenvalue weighted by Crippen LogP contribution is -2.57. The van der Waals surface area contributed by atoms with Crippen LogP contribution in [0.15, 0.2) is 0 Å². The summed E-state index contributed by atoms with van der Waals surface area (Å²) in [5.74, 6) is -0.237. The fourth-order valence-electron chi connectivity index (χ4n) is 1.52. The molecular formula is C12H25NO4. The number of amides is 1. The van der Waals surface area contributed by atoms with E-state index < -0.39 is 25.4 Å². The van der Waals surface area contributed by atoms with Crippen LogP contribution in [0.4, 0.5) is 0 Å². The van der Waals surface area contributed by atoms with Crippen molar-refractivity contribution in [2.45, 2.75) is 51.0 Å². The van der Waals surface area contributed by atoms with Crippen molar-refractivity contribution in [1.29, 1.82) is 0 Å². The molecule has 5 nitrogen and oxygen atoms in total. The summed E-state index contributed by atoms with van der Waals surface area (Å²) in [7, 11) is 0. The van der Waals surface area contributed by atoms with E-state index in [0.717, 1.165) is 25.7 Å². The Kier molecular flexibility index (Phi) is 9.03. The van der Waals surface area contributed by atoms with Crippen molar-refractivity contribution in [3.05, 3.63) is 0 Å². The van der Waals surface area contributed by atoms with Gasteiger partial charge in [-0.05, 0) is 6.42 Å². The molecule has 0 aliphatic rings. The molecule has 0 unspecified atom stereocenters. The fourth-order valence-corrected chi connectivity index (χ4v) is 1.52. The van der Waals surface area contributed by atoms with Crippen LogP contribution in [0, 0.1) is 0 Å². The van der Waals surface area contributed by atoms with Gasteiger partial charge in [0.15, 0.2) is 0 Å². The largest absolute Gasteiger partial charge is 0.394 e. The quantitative estimate of drug-likeness (QED) is 0.415. The normalized spacial score (nSPS) is 11.5. The van der Waals surface area contributed by atoms with Crippen LogP contribution in [-0.4, -0.2) is 46.6 Å². The molecule has 0 saturated heterocycles. The second-order valence-corrected chi connectivity index (χ2v) is 4.47. The number of unbranched alkanes of at least 4 members (excludes halogenated alkanes) is 4. The first kappa shape index (κ1) is 16.4. The second kappa shape index (κ2) is 9.39. The molecule has 0 bridgehead atoms. The molecular weight excluding hydrogens is 222 g/mol. The number of aliphatic hydroxyl groups excluding tert-OH is 3. The molecule has 0 aliphatic heterocycles. The summed E-state index contributed by atoms with van der Waals surface area (Å²) in [6.07, 6.45) is 5.63. The number of hydrogen-bond acceptors (Lipinski definition) is 4. The van der Waals surface area contributed by atoms with E-state index in [-0.39, 0.29) is 5.91 Å². The lowest BCUT2D eigenvalue weighted by Gasteiger charge is -2.28. The second-order valence-electron chi connectivity index (χ2n) is 4.47. The molecule has 0 aromatic rings. The molecule has 0 aliphatic carbocycles. The highest BCUT2D eigenvalue weighted by molar-refractivity contribution is 5.76. The van der Waals surface area contributed by atoms with Gasteiger partial charge in [0.05, 0.1) is 19.8 Å². The lowest BCUT2D eigenvalue weighted by molar-refractivity contribution is -0.125. The van der Waals surface area contributed by atoms with Gasteiger partial charge in [-0.3, -0.25) is 4.79 Å². The zero-order valence-electron chi connectivity index (χ0n) is 10.6. The van der Waals surface area contributed by atoms with E-state index in [2.05, 4.69) is 12.2 Å². The van der Waals surface area contributed by atoms with Crippen molar-refractivity contribution in [2.75, 3.05) is 19.8 Å². The molecule has 0 saturated carbocycles. The third-order valence-electron chi connectivity index (χ3n) is 2.82. The summed E-state index contributed by atoms with van der Waals surface area (Å²) in [5.41, 5.74) is -1.29. The molecule has 0 aromatic heterocycles. The molecule has 0 atom stereocenters. The number of carbonyl (C=O) groups is 1. The van der Waals surface area contributed by atoms with E-state index in [9.17, 15) is 4.79 Å². The summed E-state index contributed by atoms with van der Waals surface area (Å²) in [4.78, 5) is 11.5. The van der Waals surface area contributed by atoms with E-state index in [1.54, 1.807) is 0 Å². The van der Waals surface area contributed by atoms with E-state index >= 15 is 0 Å². The van der Waals surface area contributed by atoms with Crippen LogP contribution in [0.2, 0.25) is 0 Å². The van der Waals surface area contributed by atoms with Gasteiger partial charge >= 0.3 is 0 Å². The molecule has 0 spiro atoms. The van der Waals surface area contributed by atoms with Crippen molar-refractivity contribution in [3.8, 4) is 0 Å². The molecule has 0 radical (unpaired) electrons. The molecule has 1 amide bonds. The van der Waals surface area contributed by atoms with Gasteiger partial charge in [-0.15, -0.1) is 0 Å². The maximum atomic E-state index is 11.5. The first-order valence-electron chi connectivity index (χ1n) is 6.27.